The number of nitrogens with zero attached hydrogens (tertiary/aromatic N) is 1. The van der Waals surface area contributed by atoms with Gasteiger partial charge in [0.2, 0.25) is 0 Å². The second-order valence-electron chi connectivity index (χ2n) is 8.28. The zero-order valence-corrected chi connectivity index (χ0v) is 16.4. The van der Waals surface area contributed by atoms with Gasteiger partial charge in [-0.2, -0.15) is 5.26 Å². The summed E-state index contributed by atoms with van der Waals surface area (Å²) in [6, 6.07) is 11.5. The molecule has 0 radical (unpaired) electrons. The lowest BCUT2D eigenvalue weighted by Gasteiger charge is -2.41. The minimum absolute atomic E-state index is 0.190. The van der Waals surface area contributed by atoms with Crippen LogP contribution in [0, 0.1) is 23.2 Å². The molecule has 0 aromatic heterocycles. The number of ether oxygens (including phenoxy) is 1. The first kappa shape index (κ1) is 19.2. The number of nitriles is 1. The van der Waals surface area contributed by atoms with E-state index in [9.17, 15) is 0 Å². The van der Waals surface area contributed by atoms with Crippen LogP contribution in [0.3, 0.4) is 0 Å². The number of benzene rings is 1. The molecule has 2 saturated carbocycles. The predicted octanol–water partition coefficient (Wildman–Crippen LogP) is 6.18. The molecule has 0 unspecified atom stereocenters. The summed E-state index contributed by atoms with van der Waals surface area (Å²) in [5.74, 6) is 2.49. The Bertz CT molecular complexity index is 623. The third kappa shape index (κ3) is 4.38. The molecule has 140 valence electrons. The Morgan fingerprint density at radius 3 is 2.19 bits per heavy atom. The van der Waals surface area contributed by atoms with Crippen LogP contribution in [0.1, 0.15) is 75.3 Å². The Hall–Kier alpha value is -1.59. The predicted molar refractivity (Wildman–Crippen MR) is 107 cm³/mol. The number of hydrogen-bond acceptors (Lipinski definition) is 2. The maximum Gasteiger partial charge on any atom is 0.0909 e. The third-order valence-corrected chi connectivity index (χ3v) is 7.04. The molecule has 0 spiro atoms. The van der Waals surface area contributed by atoms with Crippen molar-refractivity contribution in [3.63, 3.8) is 0 Å². The molecule has 0 atom stereocenters. The van der Waals surface area contributed by atoms with Crippen LogP contribution in [0.2, 0.25) is 0 Å². The lowest BCUT2D eigenvalue weighted by Crippen LogP contribution is -2.36. The second kappa shape index (κ2) is 8.87. The van der Waals surface area contributed by atoms with E-state index in [-0.39, 0.29) is 5.60 Å². The van der Waals surface area contributed by atoms with Crippen LogP contribution in [0.25, 0.3) is 0 Å². The van der Waals surface area contributed by atoms with Crippen LogP contribution >= 0.6 is 0 Å². The Balaban J connectivity index is 1.51. The van der Waals surface area contributed by atoms with E-state index in [1.54, 1.807) is 18.7 Å². The Morgan fingerprint density at radius 2 is 1.65 bits per heavy atom. The fourth-order valence-electron chi connectivity index (χ4n) is 5.18. The molecule has 2 fully saturated rings. The molecule has 2 heteroatoms. The van der Waals surface area contributed by atoms with Gasteiger partial charge in [-0.1, -0.05) is 31.2 Å². The Morgan fingerprint density at radius 1 is 1.04 bits per heavy atom. The molecule has 2 aliphatic rings. The van der Waals surface area contributed by atoms with E-state index >= 15 is 0 Å². The van der Waals surface area contributed by atoms with Crippen molar-refractivity contribution in [2.75, 3.05) is 7.11 Å². The summed E-state index contributed by atoms with van der Waals surface area (Å²) in [4.78, 5) is 0. The molecule has 1 aromatic carbocycles. The quantitative estimate of drug-likeness (QED) is 0.594. The first-order valence-corrected chi connectivity index (χ1v) is 10.4. The van der Waals surface area contributed by atoms with Crippen LogP contribution in [-0.4, -0.2) is 12.7 Å². The van der Waals surface area contributed by atoms with Crippen molar-refractivity contribution in [3.8, 4) is 6.07 Å². The second-order valence-corrected chi connectivity index (χ2v) is 8.28. The van der Waals surface area contributed by atoms with Crippen LogP contribution in [0.5, 0.6) is 0 Å². The van der Waals surface area contributed by atoms with Crippen LogP contribution in [0.4, 0.5) is 0 Å². The summed E-state index contributed by atoms with van der Waals surface area (Å²) < 4.78 is 5.77. The van der Waals surface area contributed by atoms with Gasteiger partial charge in [0.25, 0.3) is 0 Å². The van der Waals surface area contributed by atoms with Crippen LogP contribution in [-0.2, 0) is 11.2 Å². The molecule has 1 aromatic rings. The SMILES string of the molecule is CCc1ccc(C2CCC(C3CCC(C=CC#N)(OC)CC3)CC2)cc1. The molecule has 3 rings (SSSR count). The van der Waals surface area contributed by atoms with Crippen molar-refractivity contribution >= 4 is 0 Å². The third-order valence-electron chi connectivity index (χ3n) is 7.04. The topological polar surface area (TPSA) is 33.0 Å². The monoisotopic (exact) mass is 351 g/mol. The highest BCUT2D eigenvalue weighted by atomic mass is 16.5. The molecule has 0 N–H and O–H groups in total. The molecular formula is C24H33NO. The molecular weight excluding hydrogens is 318 g/mol. The van der Waals surface area contributed by atoms with Crippen molar-refractivity contribution < 1.29 is 4.74 Å². The number of allylic oxidation sites excluding steroid dienone is 1. The van der Waals surface area contributed by atoms with Gasteiger partial charge in [0, 0.05) is 13.2 Å². The van der Waals surface area contributed by atoms with Crippen molar-refractivity contribution in [2.45, 2.75) is 76.2 Å². The van der Waals surface area contributed by atoms with Crippen molar-refractivity contribution in [3.05, 3.63) is 47.5 Å². The first-order valence-electron chi connectivity index (χ1n) is 10.4. The highest BCUT2D eigenvalue weighted by Crippen LogP contribution is 2.45. The molecule has 2 aliphatic carbocycles. The van der Waals surface area contributed by atoms with Gasteiger partial charge in [-0.3, -0.25) is 0 Å². The molecule has 0 bridgehead atoms. The summed E-state index contributed by atoms with van der Waals surface area (Å²) in [6.45, 7) is 2.22. The van der Waals surface area contributed by atoms with E-state index < -0.39 is 0 Å². The zero-order valence-electron chi connectivity index (χ0n) is 16.4. The van der Waals surface area contributed by atoms with E-state index in [0.29, 0.717) is 0 Å². The molecule has 0 aliphatic heterocycles. The van der Waals surface area contributed by atoms with Gasteiger partial charge >= 0.3 is 0 Å². The summed E-state index contributed by atoms with van der Waals surface area (Å²) in [6.07, 6.45) is 14.7. The standard InChI is InChI=1S/C24H33NO/c1-3-19-5-7-20(8-6-19)21-9-11-22(12-10-21)23-13-16-24(26-2,17-14-23)15-4-18-25/h4-8,15,21-23H,3,9-14,16-17H2,1-2H3. The smallest absolute Gasteiger partial charge is 0.0909 e. The maximum atomic E-state index is 8.82. The van der Waals surface area contributed by atoms with E-state index in [1.807, 2.05) is 6.08 Å². The normalized spacial score (nSPS) is 32.4. The lowest BCUT2D eigenvalue weighted by molar-refractivity contribution is -0.0192. The Kier molecular flexibility index (Phi) is 6.54. The van der Waals surface area contributed by atoms with Crippen molar-refractivity contribution in [2.24, 2.45) is 11.8 Å². The highest BCUT2D eigenvalue weighted by Gasteiger charge is 2.37. The number of methoxy groups -OCH3 is 1. The summed E-state index contributed by atoms with van der Waals surface area (Å²) in [5.41, 5.74) is 2.80. The van der Waals surface area contributed by atoms with Crippen molar-refractivity contribution in [1.29, 1.82) is 5.26 Å². The van der Waals surface area contributed by atoms with Gasteiger partial charge in [-0.05, 0) is 92.7 Å². The molecule has 0 heterocycles. The van der Waals surface area contributed by atoms with Gasteiger partial charge in [-0.25, -0.2) is 0 Å². The maximum absolute atomic E-state index is 8.82. The zero-order chi connectivity index (χ0) is 18.4. The summed E-state index contributed by atoms with van der Waals surface area (Å²) in [7, 11) is 1.79. The van der Waals surface area contributed by atoms with E-state index in [0.717, 1.165) is 37.0 Å². The average Bonchev–Trinajstić information content (AvgIpc) is 2.73. The molecule has 0 saturated heterocycles. The minimum atomic E-state index is -0.190. The largest absolute Gasteiger partial charge is 0.374 e. The molecule has 2 nitrogen and oxygen atoms in total. The molecule has 0 amide bonds. The van der Waals surface area contributed by atoms with Gasteiger partial charge in [0.05, 0.1) is 11.7 Å². The fraction of sp³-hybridized carbons (Fsp3) is 0.625. The highest BCUT2D eigenvalue weighted by molar-refractivity contribution is 5.25. The van der Waals surface area contributed by atoms with Crippen LogP contribution < -0.4 is 0 Å². The van der Waals surface area contributed by atoms with E-state index in [2.05, 4.69) is 37.3 Å². The van der Waals surface area contributed by atoms with E-state index in [1.165, 1.54) is 44.1 Å². The van der Waals surface area contributed by atoms with Gasteiger partial charge in [0.15, 0.2) is 0 Å². The minimum Gasteiger partial charge on any atom is -0.374 e. The average molecular weight is 352 g/mol. The number of rotatable bonds is 5. The number of hydrogen-bond donors (Lipinski definition) is 0. The lowest BCUT2D eigenvalue weighted by atomic mass is 9.67. The molecule has 26 heavy (non-hydrogen) atoms. The summed E-state index contributed by atoms with van der Waals surface area (Å²) in [5, 5.41) is 8.82. The fourth-order valence-corrected chi connectivity index (χ4v) is 5.18. The Labute approximate surface area is 159 Å². The summed E-state index contributed by atoms with van der Waals surface area (Å²) >= 11 is 0. The van der Waals surface area contributed by atoms with Gasteiger partial charge in [0.1, 0.15) is 0 Å². The van der Waals surface area contributed by atoms with E-state index in [4.69, 9.17) is 10.00 Å². The van der Waals surface area contributed by atoms with Crippen molar-refractivity contribution in [1.82, 2.24) is 0 Å². The van der Waals surface area contributed by atoms with Gasteiger partial charge in [-0.15, -0.1) is 0 Å². The number of aryl methyl sites for hydroxylation is 1. The van der Waals surface area contributed by atoms with Crippen LogP contribution in [0.15, 0.2) is 36.4 Å². The first-order chi connectivity index (χ1) is 12.7. The van der Waals surface area contributed by atoms with Gasteiger partial charge < -0.3 is 4.74 Å².